The Balaban J connectivity index is 2.21. The van der Waals surface area contributed by atoms with Crippen molar-refractivity contribution in [2.24, 2.45) is 0 Å². The number of halogens is 2. The van der Waals surface area contributed by atoms with E-state index in [-0.39, 0.29) is 12.3 Å². The van der Waals surface area contributed by atoms with Gasteiger partial charge in [0.2, 0.25) is 0 Å². The molecule has 0 radical (unpaired) electrons. The second-order valence-electron chi connectivity index (χ2n) is 4.72. The fraction of sp³-hybridized carbons (Fsp3) is 0.467. The molecule has 22 heavy (non-hydrogen) atoms. The molecule has 0 unspecified atom stereocenters. The Morgan fingerprint density at radius 1 is 1.09 bits per heavy atom. The van der Waals surface area contributed by atoms with Crippen LogP contribution in [-0.4, -0.2) is 29.3 Å². The van der Waals surface area contributed by atoms with Crippen LogP contribution < -0.4 is 5.32 Å². The van der Waals surface area contributed by atoms with E-state index in [0.29, 0.717) is 35.2 Å². The first kappa shape index (κ1) is 18.4. The highest BCUT2D eigenvalue weighted by molar-refractivity contribution is 7.99. The summed E-state index contributed by atoms with van der Waals surface area (Å²) in [7, 11) is 0. The second-order valence-corrected chi connectivity index (χ2v) is 5.78. The average molecular weight is 331 g/mol. The maximum absolute atomic E-state index is 12.2. The summed E-state index contributed by atoms with van der Waals surface area (Å²) in [6, 6.07) is 6.04. The first-order valence-corrected chi connectivity index (χ1v) is 7.92. The Labute approximate surface area is 132 Å². The van der Waals surface area contributed by atoms with Crippen LogP contribution in [0, 0.1) is 0 Å². The van der Waals surface area contributed by atoms with Crippen molar-refractivity contribution < 1.29 is 23.5 Å². The van der Waals surface area contributed by atoms with E-state index in [1.54, 1.807) is 0 Å². The Morgan fingerprint density at radius 2 is 1.73 bits per heavy atom. The van der Waals surface area contributed by atoms with Gasteiger partial charge in [0.05, 0.1) is 0 Å². The van der Waals surface area contributed by atoms with Gasteiger partial charge in [-0.25, -0.2) is 0 Å². The van der Waals surface area contributed by atoms with Crippen molar-refractivity contribution in [3.63, 3.8) is 0 Å². The van der Waals surface area contributed by atoms with Gasteiger partial charge in [0, 0.05) is 23.4 Å². The van der Waals surface area contributed by atoms with Gasteiger partial charge in [0.15, 0.2) is 0 Å². The molecule has 4 nitrogen and oxygen atoms in total. The van der Waals surface area contributed by atoms with Gasteiger partial charge in [-0.3, -0.25) is 9.59 Å². The highest BCUT2D eigenvalue weighted by Gasteiger charge is 2.08. The molecule has 1 aromatic carbocycles. The lowest BCUT2D eigenvalue weighted by Gasteiger charge is -2.06. The molecule has 0 aliphatic carbocycles. The molecule has 0 heterocycles. The molecule has 0 fully saturated rings. The summed E-state index contributed by atoms with van der Waals surface area (Å²) in [4.78, 5) is 22.6. The fourth-order valence-electron chi connectivity index (χ4n) is 1.85. The zero-order valence-corrected chi connectivity index (χ0v) is 12.9. The zero-order chi connectivity index (χ0) is 16.4. The number of carboxylic acid groups (broad SMARTS) is 1. The first-order chi connectivity index (χ1) is 10.5. The van der Waals surface area contributed by atoms with E-state index in [1.165, 1.54) is 24.3 Å². The molecular weight excluding hydrogens is 312 g/mol. The molecule has 0 aromatic heterocycles. The van der Waals surface area contributed by atoms with Crippen molar-refractivity contribution in [3.05, 3.63) is 29.8 Å². The second kappa shape index (κ2) is 10.2. The number of benzene rings is 1. The van der Waals surface area contributed by atoms with Crippen LogP contribution in [0.4, 0.5) is 8.78 Å². The van der Waals surface area contributed by atoms with E-state index in [0.717, 1.165) is 19.3 Å². The molecule has 0 atom stereocenters. The monoisotopic (exact) mass is 331 g/mol. The third-order valence-corrected chi connectivity index (χ3v) is 3.67. The van der Waals surface area contributed by atoms with E-state index >= 15 is 0 Å². The Kier molecular flexibility index (Phi) is 8.50. The van der Waals surface area contributed by atoms with Crippen LogP contribution in [0.5, 0.6) is 0 Å². The minimum atomic E-state index is -2.47. The van der Waals surface area contributed by atoms with E-state index in [9.17, 15) is 18.4 Å². The number of thioether (sulfide) groups is 1. The third kappa shape index (κ3) is 7.97. The third-order valence-electron chi connectivity index (χ3n) is 2.94. The lowest BCUT2D eigenvalue weighted by atomic mass is 10.1. The highest BCUT2D eigenvalue weighted by Crippen LogP contribution is 2.25. The van der Waals surface area contributed by atoms with Gasteiger partial charge in [-0.05, 0) is 37.1 Å². The number of carboxylic acids is 1. The molecule has 1 rings (SSSR count). The molecule has 0 aliphatic rings. The summed E-state index contributed by atoms with van der Waals surface area (Å²) < 4.78 is 24.3. The Hall–Kier alpha value is -1.63. The number of amides is 1. The van der Waals surface area contributed by atoms with Crippen molar-refractivity contribution in [2.45, 2.75) is 42.8 Å². The Bertz CT molecular complexity index is 480. The highest BCUT2D eigenvalue weighted by atomic mass is 32.2. The zero-order valence-electron chi connectivity index (χ0n) is 12.1. The molecule has 2 N–H and O–H groups in total. The van der Waals surface area contributed by atoms with Crippen LogP contribution in [-0.2, 0) is 4.79 Å². The number of aliphatic carboxylic acids is 1. The topological polar surface area (TPSA) is 66.4 Å². The van der Waals surface area contributed by atoms with Crippen LogP contribution >= 0.6 is 11.8 Å². The molecular formula is C15H19F2NO3S. The number of rotatable bonds is 10. The van der Waals surface area contributed by atoms with Gasteiger partial charge in [-0.2, -0.15) is 8.78 Å². The van der Waals surface area contributed by atoms with Crippen LogP contribution in [0.2, 0.25) is 0 Å². The summed E-state index contributed by atoms with van der Waals surface area (Å²) in [6.07, 6.45) is 3.28. The molecule has 7 heteroatoms. The van der Waals surface area contributed by atoms with Crippen molar-refractivity contribution in [2.75, 3.05) is 6.54 Å². The van der Waals surface area contributed by atoms with E-state index in [2.05, 4.69) is 5.32 Å². The van der Waals surface area contributed by atoms with Gasteiger partial charge in [-0.1, -0.05) is 24.6 Å². The number of carbonyl (C=O) groups excluding carboxylic acids is 1. The van der Waals surface area contributed by atoms with Crippen LogP contribution in [0.1, 0.15) is 42.5 Å². The molecule has 0 bridgehead atoms. The lowest BCUT2D eigenvalue weighted by Crippen LogP contribution is -2.24. The summed E-state index contributed by atoms with van der Waals surface area (Å²) in [5.74, 6) is -3.50. The van der Waals surface area contributed by atoms with Crippen LogP contribution in [0.25, 0.3) is 0 Å². The van der Waals surface area contributed by atoms with Crippen molar-refractivity contribution in [3.8, 4) is 0 Å². The lowest BCUT2D eigenvalue weighted by molar-refractivity contribution is -0.137. The molecule has 122 valence electrons. The van der Waals surface area contributed by atoms with Crippen molar-refractivity contribution in [1.82, 2.24) is 5.32 Å². The van der Waals surface area contributed by atoms with Gasteiger partial charge < -0.3 is 10.4 Å². The van der Waals surface area contributed by atoms with Gasteiger partial charge in [-0.15, -0.1) is 0 Å². The number of carbonyl (C=O) groups is 2. The first-order valence-electron chi connectivity index (χ1n) is 7.04. The smallest absolute Gasteiger partial charge is 0.303 e. The largest absolute Gasteiger partial charge is 0.481 e. The predicted molar refractivity (Wildman–Crippen MR) is 81.4 cm³/mol. The maximum atomic E-state index is 12.2. The molecule has 1 amide bonds. The summed E-state index contributed by atoms with van der Waals surface area (Å²) >= 11 is 0.443. The quantitative estimate of drug-likeness (QED) is 0.506. The summed E-state index contributed by atoms with van der Waals surface area (Å²) in [6.45, 7) is 0.513. The Morgan fingerprint density at radius 3 is 2.32 bits per heavy atom. The minimum Gasteiger partial charge on any atom is -0.481 e. The van der Waals surface area contributed by atoms with Gasteiger partial charge in [0.1, 0.15) is 0 Å². The fourth-order valence-corrected chi connectivity index (χ4v) is 2.35. The van der Waals surface area contributed by atoms with Crippen molar-refractivity contribution in [1.29, 1.82) is 0 Å². The van der Waals surface area contributed by atoms with E-state index in [4.69, 9.17) is 5.11 Å². The maximum Gasteiger partial charge on any atom is 0.303 e. The number of nitrogens with one attached hydrogen (secondary N) is 1. The SMILES string of the molecule is O=C(O)CCCCCCNC(=O)c1ccc(SC(F)F)cc1. The average Bonchev–Trinajstić information content (AvgIpc) is 2.46. The molecule has 0 spiro atoms. The van der Waals surface area contributed by atoms with Gasteiger partial charge in [0.25, 0.3) is 11.7 Å². The normalized spacial score (nSPS) is 10.7. The number of hydrogen-bond acceptors (Lipinski definition) is 3. The standard InChI is InChI=1S/C15H19F2NO3S/c16-15(17)22-12-8-6-11(7-9-12)14(21)18-10-4-2-1-3-5-13(19)20/h6-9,15H,1-5,10H2,(H,18,21)(H,19,20). The number of hydrogen-bond donors (Lipinski definition) is 2. The molecule has 0 saturated carbocycles. The minimum absolute atomic E-state index is 0.176. The molecule has 0 saturated heterocycles. The summed E-state index contributed by atoms with van der Waals surface area (Å²) in [5.41, 5.74) is 0.435. The van der Waals surface area contributed by atoms with Crippen LogP contribution in [0.3, 0.4) is 0 Å². The molecule has 0 aliphatic heterocycles. The van der Waals surface area contributed by atoms with E-state index < -0.39 is 11.7 Å². The summed E-state index contributed by atoms with van der Waals surface area (Å²) in [5, 5.41) is 11.2. The van der Waals surface area contributed by atoms with Crippen molar-refractivity contribution >= 4 is 23.6 Å². The molecule has 1 aromatic rings. The van der Waals surface area contributed by atoms with Gasteiger partial charge >= 0.3 is 5.97 Å². The number of alkyl halides is 2. The van der Waals surface area contributed by atoms with Crippen LogP contribution in [0.15, 0.2) is 29.2 Å². The predicted octanol–water partition coefficient (Wildman–Crippen LogP) is 3.77. The number of unbranched alkanes of at least 4 members (excludes halogenated alkanes) is 3. The van der Waals surface area contributed by atoms with E-state index in [1.807, 2.05) is 0 Å².